The third-order valence-corrected chi connectivity index (χ3v) is 6.57. The van der Waals surface area contributed by atoms with Gasteiger partial charge >= 0.3 is 0 Å². The lowest BCUT2D eigenvalue weighted by Gasteiger charge is -2.24. The lowest BCUT2D eigenvalue weighted by molar-refractivity contribution is -0.128. The average Bonchev–Trinajstić information content (AvgIpc) is 3.15. The second-order valence-corrected chi connectivity index (χ2v) is 8.75. The van der Waals surface area contributed by atoms with E-state index in [4.69, 9.17) is 11.6 Å². The van der Waals surface area contributed by atoms with E-state index < -0.39 is 0 Å². The van der Waals surface area contributed by atoms with Gasteiger partial charge in [0.25, 0.3) is 5.91 Å². The van der Waals surface area contributed by atoms with Crippen LogP contribution in [0.2, 0.25) is 5.02 Å². The number of benzene rings is 3. The first-order valence-electron chi connectivity index (χ1n) is 9.78. The summed E-state index contributed by atoms with van der Waals surface area (Å²) in [4.78, 5) is 26.7. The maximum atomic E-state index is 13.0. The number of rotatable bonds is 6. The minimum Gasteiger partial charge on any atom is -0.348 e. The van der Waals surface area contributed by atoms with Gasteiger partial charge in [-0.2, -0.15) is 0 Å². The van der Waals surface area contributed by atoms with Crippen LogP contribution in [-0.2, 0) is 17.9 Å². The molecular formula is C24H20ClFN2O2S. The Bertz CT molecular complexity index is 1070. The van der Waals surface area contributed by atoms with E-state index in [-0.39, 0.29) is 23.0 Å². The van der Waals surface area contributed by atoms with E-state index in [2.05, 4.69) is 5.32 Å². The minimum absolute atomic E-state index is 0.0890. The van der Waals surface area contributed by atoms with Crippen molar-refractivity contribution < 1.29 is 14.0 Å². The number of hydrogen-bond donors (Lipinski definition) is 1. The van der Waals surface area contributed by atoms with Gasteiger partial charge in [-0.1, -0.05) is 48.0 Å². The Labute approximate surface area is 189 Å². The van der Waals surface area contributed by atoms with E-state index in [1.54, 1.807) is 36.0 Å². The average molecular weight is 455 g/mol. The Morgan fingerprint density at radius 3 is 2.32 bits per heavy atom. The van der Waals surface area contributed by atoms with Crippen molar-refractivity contribution in [2.24, 2.45) is 0 Å². The standard InChI is InChI=1S/C24H20ClFN2O2S/c25-20-9-1-17(2-10-20)14-28-22(29)15-31-24(28)19-7-5-18(6-8-19)23(30)27-13-16-3-11-21(26)12-4-16/h1-12,24H,13-15H2,(H,27,30)/t24-/m0/s1. The van der Waals surface area contributed by atoms with Crippen molar-refractivity contribution in [3.05, 3.63) is 106 Å². The number of nitrogens with one attached hydrogen (secondary N) is 1. The highest BCUT2D eigenvalue weighted by atomic mass is 35.5. The van der Waals surface area contributed by atoms with Crippen molar-refractivity contribution in [2.75, 3.05) is 5.75 Å². The van der Waals surface area contributed by atoms with Gasteiger partial charge in [0.05, 0.1) is 5.75 Å². The lowest BCUT2D eigenvalue weighted by Crippen LogP contribution is -2.27. The van der Waals surface area contributed by atoms with Crippen LogP contribution in [-0.4, -0.2) is 22.5 Å². The number of halogens is 2. The van der Waals surface area contributed by atoms with Crippen LogP contribution in [0.25, 0.3) is 0 Å². The highest BCUT2D eigenvalue weighted by Gasteiger charge is 2.32. The van der Waals surface area contributed by atoms with Crippen LogP contribution < -0.4 is 5.32 Å². The third kappa shape index (κ3) is 5.27. The van der Waals surface area contributed by atoms with Crippen LogP contribution in [0.5, 0.6) is 0 Å². The molecule has 2 amide bonds. The Morgan fingerprint density at radius 1 is 1.00 bits per heavy atom. The van der Waals surface area contributed by atoms with Gasteiger partial charge in [-0.25, -0.2) is 4.39 Å². The van der Waals surface area contributed by atoms with Crippen LogP contribution in [0.1, 0.15) is 32.4 Å². The molecule has 3 aromatic carbocycles. The normalized spacial score (nSPS) is 15.9. The molecular weight excluding hydrogens is 435 g/mol. The Morgan fingerprint density at radius 2 is 1.65 bits per heavy atom. The molecule has 1 N–H and O–H groups in total. The molecule has 1 atom stereocenters. The maximum absolute atomic E-state index is 13.0. The number of carbonyl (C=O) groups is 2. The summed E-state index contributed by atoms with van der Waals surface area (Å²) >= 11 is 7.53. The first-order chi connectivity index (χ1) is 15.0. The van der Waals surface area contributed by atoms with Gasteiger partial charge in [0, 0.05) is 23.7 Å². The van der Waals surface area contributed by atoms with E-state index in [1.165, 1.54) is 12.1 Å². The summed E-state index contributed by atoms with van der Waals surface area (Å²) in [7, 11) is 0. The van der Waals surface area contributed by atoms with Gasteiger partial charge in [0.15, 0.2) is 0 Å². The van der Waals surface area contributed by atoms with Crippen LogP contribution >= 0.6 is 23.4 Å². The predicted molar refractivity (Wildman–Crippen MR) is 121 cm³/mol. The molecule has 0 aliphatic carbocycles. The number of hydrogen-bond acceptors (Lipinski definition) is 3. The van der Waals surface area contributed by atoms with Gasteiger partial charge in [-0.15, -0.1) is 11.8 Å². The van der Waals surface area contributed by atoms with E-state index >= 15 is 0 Å². The quantitative estimate of drug-likeness (QED) is 0.558. The van der Waals surface area contributed by atoms with Crippen molar-refractivity contribution in [1.82, 2.24) is 10.2 Å². The zero-order chi connectivity index (χ0) is 21.8. The fourth-order valence-electron chi connectivity index (χ4n) is 3.37. The van der Waals surface area contributed by atoms with Crippen molar-refractivity contribution >= 4 is 35.2 Å². The number of carbonyl (C=O) groups excluding carboxylic acids is 2. The second kappa shape index (κ2) is 9.54. The van der Waals surface area contributed by atoms with Crippen LogP contribution in [0.4, 0.5) is 4.39 Å². The summed E-state index contributed by atoms with van der Waals surface area (Å²) in [5.41, 5.74) is 3.34. The summed E-state index contributed by atoms with van der Waals surface area (Å²) in [6.45, 7) is 0.830. The van der Waals surface area contributed by atoms with Crippen LogP contribution in [0.3, 0.4) is 0 Å². The Kier molecular flexibility index (Phi) is 6.59. The molecule has 0 radical (unpaired) electrons. The Balaban J connectivity index is 1.41. The third-order valence-electron chi connectivity index (χ3n) is 5.06. The Hall–Kier alpha value is -2.83. The van der Waals surface area contributed by atoms with Gasteiger partial charge < -0.3 is 10.2 Å². The number of amides is 2. The van der Waals surface area contributed by atoms with Crippen molar-refractivity contribution in [1.29, 1.82) is 0 Å². The van der Waals surface area contributed by atoms with Crippen molar-refractivity contribution in [3.63, 3.8) is 0 Å². The maximum Gasteiger partial charge on any atom is 0.251 e. The highest BCUT2D eigenvalue weighted by molar-refractivity contribution is 8.00. The molecule has 0 spiro atoms. The molecule has 1 aliphatic heterocycles. The van der Waals surface area contributed by atoms with Gasteiger partial charge in [0.2, 0.25) is 5.91 Å². The zero-order valence-corrected chi connectivity index (χ0v) is 18.1. The van der Waals surface area contributed by atoms with E-state index in [1.807, 2.05) is 41.3 Å². The van der Waals surface area contributed by atoms with Crippen LogP contribution in [0, 0.1) is 5.82 Å². The molecule has 7 heteroatoms. The largest absolute Gasteiger partial charge is 0.348 e. The first kappa shape index (κ1) is 21.4. The smallest absolute Gasteiger partial charge is 0.251 e. The fourth-order valence-corrected chi connectivity index (χ4v) is 4.69. The molecule has 1 saturated heterocycles. The van der Waals surface area contributed by atoms with Crippen molar-refractivity contribution in [3.8, 4) is 0 Å². The second-order valence-electron chi connectivity index (χ2n) is 7.24. The first-order valence-corrected chi connectivity index (χ1v) is 11.2. The van der Waals surface area contributed by atoms with E-state index in [0.717, 1.165) is 16.7 Å². The molecule has 1 fully saturated rings. The molecule has 0 bridgehead atoms. The molecule has 0 saturated carbocycles. The molecule has 31 heavy (non-hydrogen) atoms. The molecule has 4 nitrogen and oxygen atoms in total. The summed E-state index contributed by atoms with van der Waals surface area (Å²) in [5, 5.41) is 3.40. The van der Waals surface area contributed by atoms with Gasteiger partial charge in [-0.05, 0) is 53.1 Å². The molecule has 0 aromatic heterocycles. The molecule has 0 unspecified atom stereocenters. The topological polar surface area (TPSA) is 49.4 Å². The molecule has 1 heterocycles. The molecule has 1 aliphatic rings. The molecule has 4 rings (SSSR count). The predicted octanol–water partition coefficient (Wildman–Crippen LogP) is 5.18. The summed E-state index contributed by atoms with van der Waals surface area (Å²) in [5.74, 6) is 0.00665. The number of thioether (sulfide) groups is 1. The summed E-state index contributed by atoms with van der Waals surface area (Å²) < 4.78 is 13.0. The van der Waals surface area contributed by atoms with E-state index in [0.29, 0.717) is 29.4 Å². The van der Waals surface area contributed by atoms with Crippen molar-refractivity contribution in [2.45, 2.75) is 18.5 Å². The monoisotopic (exact) mass is 454 g/mol. The molecule has 158 valence electrons. The fraction of sp³-hybridized carbons (Fsp3) is 0.167. The number of nitrogens with zero attached hydrogens (tertiary/aromatic N) is 1. The van der Waals surface area contributed by atoms with E-state index in [9.17, 15) is 14.0 Å². The molecule has 3 aromatic rings. The van der Waals surface area contributed by atoms with Crippen LogP contribution in [0.15, 0.2) is 72.8 Å². The SMILES string of the molecule is O=C(NCc1ccc(F)cc1)c1ccc([C@@H]2SCC(=O)N2Cc2ccc(Cl)cc2)cc1. The van der Waals surface area contributed by atoms with Gasteiger partial charge in [0.1, 0.15) is 11.2 Å². The lowest BCUT2D eigenvalue weighted by atomic mass is 10.1. The summed E-state index contributed by atoms with van der Waals surface area (Å²) in [6.07, 6.45) is 0. The zero-order valence-electron chi connectivity index (χ0n) is 16.6. The highest BCUT2D eigenvalue weighted by Crippen LogP contribution is 2.39. The summed E-state index contributed by atoms with van der Waals surface area (Å²) in [6, 6.07) is 20.8. The van der Waals surface area contributed by atoms with Gasteiger partial charge in [-0.3, -0.25) is 9.59 Å². The minimum atomic E-state index is -0.306.